The Hall–Kier alpha value is -1.23. The van der Waals surface area contributed by atoms with Crippen molar-refractivity contribution in [1.82, 2.24) is 9.78 Å². The Balaban J connectivity index is 2.35. The fourth-order valence-electron chi connectivity index (χ4n) is 1.52. The molecular formula is C10H12BrN3O. The van der Waals surface area contributed by atoms with Gasteiger partial charge in [-0.1, -0.05) is 0 Å². The van der Waals surface area contributed by atoms with Crippen molar-refractivity contribution in [3.8, 4) is 0 Å². The van der Waals surface area contributed by atoms with Gasteiger partial charge >= 0.3 is 0 Å². The lowest BCUT2D eigenvalue weighted by Crippen LogP contribution is -2.10. The maximum atomic E-state index is 5.83. The molecule has 0 aliphatic heterocycles. The molecule has 2 N–H and O–H groups in total. The van der Waals surface area contributed by atoms with Crippen LogP contribution in [0.5, 0.6) is 0 Å². The summed E-state index contributed by atoms with van der Waals surface area (Å²) in [5.74, 6) is 1.48. The van der Waals surface area contributed by atoms with Gasteiger partial charge in [0.2, 0.25) is 0 Å². The van der Waals surface area contributed by atoms with Crippen LogP contribution in [0, 0.1) is 6.92 Å². The lowest BCUT2D eigenvalue weighted by atomic mass is 10.2. The fraction of sp³-hybridized carbons (Fsp3) is 0.300. The number of nitrogens with two attached hydrogens (primary N) is 1. The molecule has 0 radical (unpaired) electrons. The van der Waals surface area contributed by atoms with E-state index < -0.39 is 0 Å². The molecule has 5 heteroatoms. The first kappa shape index (κ1) is 10.3. The molecule has 15 heavy (non-hydrogen) atoms. The Bertz CT molecular complexity index is 475. The van der Waals surface area contributed by atoms with Gasteiger partial charge in [0.05, 0.1) is 5.69 Å². The van der Waals surface area contributed by atoms with Gasteiger partial charge in [0.1, 0.15) is 17.6 Å². The lowest BCUT2D eigenvalue weighted by Gasteiger charge is -2.10. The van der Waals surface area contributed by atoms with Crippen molar-refractivity contribution >= 4 is 21.7 Å². The van der Waals surface area contributed by atoms with Gasteiger partial charge < -0.3 is 10.2 Å². The molecule has 0 spiro atoms. The number of aryl methyl sites for hydroxylation is 1. The molecule has 1 unspecified atom stereocenters. The van der Waals surface area contributed by atoms with Crippen molar-refractivity contribution in [2.24, 2.45) is 0 Å². The standard InChI is InChI=1S/C10H12BrN3O/c1-6-5-10(12)14(13-6)7(2)8-3-4-9(11)15-8/h3-5,7H,12H2,1-2H3. The average molecular weight is 270 g/mol. The number of aromatic nitrogens is 2. The van der Waals surface area contributed by atoms with Gasteiger partial charge in [-0.2, -0.15) is 5.10 Å². The summed E-state index contributed by atoms with van der Waals surface area (Å²) in [4.78, 5) is 0. The summed E-state index contributed by atoms with van der Waals surface area (Å²) in [6, 6.07) is 5.61. The van der Waals surface area contributed by atoms with Gasteiger partial charge in [0.15, 0.2) is 4.67 Å². The van der Waals surface area contributed by atoms with E-state index in [2.05, 4.69) is 21.0 Å². The van der Waals surface area contributed by atoms with Crippen LogP contribution >= 0.6 is 15.9 Å². The first-order valence-corrected chi connectivity index (χ1v) is 5.44. The number of nitrogens with zero attached hydrogens (tertiary/aromatic N) is 2. The molecule has 0 bridgehead atoms. The summed E-state index contributed by atoms with van der Waals surface area (Å²) in [5.41, 5.74) is 6.74. The Morgan fingerprint density at radius 1 is 1.53 bits per heavy atom. The van der Waals surface area contributed by atoms with Gasteiger partial charge in [0.25, 0.3) is 0 Å². The van der Waals surface area contributed by atoms with Crippen LogP contribution in [0.2, 0.25) is 0 Å². The highest BCUT2D eigenvalue weighted by Crippen LogP contribution is 2.25. The summed E-state index contributed by atoms with van der Waals surface area (Å²) >= 11 is 3.27. The van der Waals surface area contributed by atoms with Gasteiger partial charge in [0, 0.05) is 6.07 Å². The van der Waals surface area contributed by atoms with E-state index in [1.54, 1.807) is 4.68 Å². The summed E-state index contributed by atoms with van der Waals surface area (Å²) in [6.45, 7) is 3.91. The molecule has 2 aromatic heterocycles. The molecule has 0 saturated carbocycles. The maximum absolute atomic E-state index is 5.83. The summed E-state index contributed by atoms with van der Waals surface area (Å²) in [6.07, 6.45) is 0. The van der Waals surface area contributed by atoms with Crippen molar-refractivity contribution in [2.45, 2.75) is 19.9 Å². The number of hydrogen-bond acceptors (Lipinski definition) is 3. The van der Waals surface area contributed by atoms with Crippen LogP contribution in [-0.4, -0.2) is 9.78 Å². The molecule has 0 fully saturated rings. The number of rotatable bonds is 2. The van der Waals surface area contributed by atoms with Gasteiger partial charge in [-0.15, -0.1) is 0 Å². The van der Waals surface area contributed by atoms with Crippen molar-refractivity contribution in [2.75, 3.05) is 5.73 Å². The fourth-order valence-corrected chi connectivity index (χ4v) is 1.84. The van der Waals surface area contributed by atoms with Crippen LogP contribution in [0.4, 0.5) is 5.82 Å². The van der Waals surface area contributed by atoms with E-state index >= 15 is 0 Å². The van der Waals surface area contributed by atoms with Crippen LogP contribution < -0.4 is 5.73 Å². The highest BCUT2D eigenvalue weighted by atomic mass is 79.9. The smallest absolute Gasteiger partial charge is 0.169 e. The first-order valence-electron chi connectivity index (χ1n) is 4.65. The van der Waals surface area contributed by atoms with Crippen LogP contribution in [0.1, 0.15) is 24.4 Å². The monoisotopic (exact) mass is 269 g/mol. The van der Waals surface area contributed by atoms with E-state index in [0.29, 0.717) is 10.5 Å². The highest BCUT2D eigenvalue weighted by Gasteiger charge is 2.15. The normalized spacial score (nSPS) is 13.0. The number of nitrogen functional groups attached to an aromatic ring is 1. The zero-order valence-corrected chi connectivity index (χ0v) is 10.2. The molecule has 0 amide bonds. The molecular weight excluding hydrogens is 258 g/mol. The van der Waals surface area contributed by atoms with E-state index in [9.17, 15) is 0 Å². The molecule has 4 nitrogen and oxygen atoms in total. The third kappa shape index (κ3) is 1.92. The van der Waals surface area contributed by atoms with E-state index in [0.717, 1.165) is 11.5 Å². The molecule has 0 aromatic carbocycles. The number of halogens is 1. The lowest BCUT2D eigenvalue weighted by molar-refractivity contribution is 0.415. The minimum Gasteiger partial charge on any atom is -0.452 e. The minimum absolute atomic E-state index is 0.00463. The van der Waals surface area contributed by atoms with Crippen LogP contribution in [-0.2, 0) is 0 Å². The molecule has 2 heterocycles. The van der Waals surface area contributed by atoms with Crippen LogP contribution in [0.15, 0.2) is 27.3 Å². The Morgan fingerprint density at radius 2 is 2.27 bits per heavy atom. The minimum atomic E-state index is 0.00463. The predicted molar refractivity (Wildman–Crippen MR) is 61.6 cm³/mol. The zero-order chi connectivity index (χ0) is 11.0. The molecule has 2 rings (SSSR count). The van der Waals surface area contributed by atoms with Gasteiger partial charge in [-0.25, -0.2) is 4.68 Å². The molecule has 2 aromatic rings. The predicted octanol–water partition coefficient (Wildman–Crippen LogP) is 2.74. The second kappa shape index (κ2) is 3.73. The summed E-state index contributed by atoms with van der Waals surface area (Å²) < 4.78 is 7.93. The van der Waals surface area contributed by atoms with E-state index in [4.69, 9.17) is 10.2 Å². The molecule has 0 saturated heterocycles. The third-order valence-electron chi connectivity index (χ3n) is 2.26. The van der Waals surface area contributed by atoms with Crippen LogP contribution in [0.3, 0.4) is 0 Å². The molecule has 80 valence electrons. The summed E-state index contributed by atoms with van der Waals surface area (Å²) in [7, 11) is 0. The topological polar surface area (TPSA) is 57.0 Å². The highest BCUT2D eigenvalue weighted by molar-refractivity contribution is 9.10. The Morgan fingerprint density at radius 3 is 2.73 bits per heavy atom. The molecule has 1 atom stereocenters. The zero-order valence-electron chi connectivity index (χ0n) is 8.57. The largest absolute Gasteiger partial charge is 0.452 e. The number of hydrogen-bond donors (Lipinski definition) is 1. The Labute approximate surface area is 96.2 Å². The van der Waals surface area contributed by atoms with E-state index in [-0.39, 0.29) is 6.04 Å². The quantitative estimate of drug-likeness (QED) is 0.912. The second-order valence-electron chi connectivity index (χ2n) is 3.47. The summed E-state index contributed by atoms with van der Waals surface area (Å²) in [5, 5.41) is 4.31. The first-order chi connectivity index (χ1) is 7.08. The third-order valence-corrected chi connectivity index (χ3v) is 2.69. The van der Waals surface area contributed by atoms with Crippen molar-refractivity contribution in [3.63, 3.8) is 0 Å². The van der Waals surface area contributed by atoms with Crippen molar-refractivity contribution in [3.05, 3.63) is 34.3 Å². The van der Waals surface area contributed by atoms with E-state index in [1.165, 1.54) is 0 Å². The maximum Gasteiger partial charge on any atom is 0.169 e. The number of anilines is 1. The van der Waals surface area contributed by atoms with Crippen LogP contribution in [0.25, 0.3) is 0 Å². The number of furan rings is 1. The van der Waals surface area contributed by atoms with Gasteiger partial charge in [-0.05, 0) is 41.9 Å². The Kier molecular flexibility index (Phi) is 2.56. The van der Waals surface area contributed by atoms with E-state index in [1.807, 2.05) is 32.0 Å². The SMILES string of the molecule is Cc1cc(N)n(C(C)c2ccc(Br)o2)n1. The molecule has 0 aliphatic rings. The average Bonchev–Trinajstić information content (AvgIpc) is 2.71. The second-order valence-corrected chi connectivity index (χ2v) is 4.25. The molecule has 0 aliphatic carbocycles. The van der Waals surface area contributed by atoms with Crippen molar-refractivity contribution in [1.29, 1.82) is 0 Å². The van der Waals surface area contributed by atoms with Crippen molar-refractivity contribution < 1.29 is 4.42 Å². The van der Waals surface area contributed by atoms with Gasteiger partial charge in [-0.3, -0.25) is 0 Å².